The van der Waals surface area contributed by atoms with Crippen LogP contribution in [-0.2, 0) is 5.11 Å². The fraction of sp³-hybridized carbons (Fsp3) is 0.958. The van der Waals surface area contributed by atoms with Gasteiger partial charge in [-0.05, 0) is 26.2 Å². The highest BCUT2D eigenvalue weighted by atomic mass is 16.2. The Morgan fingerprint density at radius 3 is 1.36 bits per heavy atom. The predicted molar refractivity (Wildman–Crippen MR) is 122 cm³/mol. The molecule has 0 spiro atoms. The summed E-state index contributed by atoms with van der Waals surface area (Å²) in [5.41, 5.74) is 0. The van der Waals surface area contributed by atoms with Crippen LogP contribution in [0.5, 0.6) is 0 Å². The zero-order valence-electron chi connectivity index (χ0n) is 19.7. The average molecular weight is 400 g/mol. The highest BCUT2D eigenvalue weighted by Gasteiger charge is 2.11. The largest absolute Gasteiger partial charge is 0.338 e. The molecule has 0 heterocycles. The Bertz CT molecular complexity index is 278. The van der Waals surface area contributed by atoms with Gasteiger partial charge in [-0.25, -0.2) is 9.90 Å². The number of hydrogen-bond donors (Lipinski definition) is 1. The number of nitrogens with zero attached hydrogens (tertiary/aromatic N) is 1. The van der Waals surface area contributed by atoms with E-state index in [1.807, 2.05) is 11.8 Å². The molecule has 169 valence electrons. The average Bonchev–Trinajstić information content (AvgIpc) is 2.70. The van der Waals surface area contributed by atoms with Crippen molar-refractivity contribution in [3.63, 3.8) is 0 Å². The van der Waals surface area contributed by atoms with E-state index in [1.165, 1.54) is 64.2 Å². The monoisotopic (exact) mass is 399 g/mol. The lowest BCUT2D eigenvalue weighted by molar-refractivity contribution is 0.186. The summed E-state index contributed by atoms with van der Waals surface area (Å²) in [5.74, 6) is 0. The molecule has 2 amide bonds. The third kappa shape index (κ3) is 23.3. The van der Waals surface area contributed by atoms with Gasteiger partial charge in [0.1, 0.15) is 0 Å². The number of rotatable bonds is 18. The van der Waals surface area contributed by atoms with Crippen molar-refractivity contribution in [1.29, 1.82) is 0 Å². The first-order valence-electron chi connectivity index (χ1n) is 12.3. The fourth-order valence-corrected chi connectivity index (χ4v) is 3.10. The van der Waals surface area contributed by atoms with E-state index in [1.54, 1.807) is 0 Å². The van der Waals surface area contributed by atoms with Crippen molar-refractivity contribution in [3.8, 4) is 0 Å². The second kappa shape index (κ2) is 26.2. The van der Waals surface area contributed by atoms with Gasteiger partial charge in [0.05, 0.1) is 6.61 Å². The van der Waals surface area contributed by atoms with Crippen molar-refractivity contribution in [2.75, 3.05) is 26.2 Å². The molecule has 0 aliphatic rings. The minimum Gasteiger partial charge on any atom is -0.338 e. The van der Waals surface area contributed by atoms with Gasteiger partial charge in [0.25, 0.3) is 0 Å². The van der Waals surface area contributed by atoms with Gasteiger partial charge in [0.2, 0.25) is 0 Å². The first-order chi connectivity index (χ1) is 13.7. The van der Waals surface area contributed by atoms with E-state index in [0.717, 1.165) is 51.7 Å². The van der Waals surface area contributed by atoms with E-state index in [2.05, 4.69) is 26.1 Å². The van der Waals surface area contributed by atoms with Crippen LogP contribution in [0.4, 0.5) is 4.79 Å². The molecule has 4 nitrogen and oxygen atoms in total. The molecule has 0 atom stereocenters. The fourth-order valence-electron chi connectivity index (χ4n) is 3.10. The zero-order chi connectivity index (χ0) is 21.3. The Morgan fingerprint density at radius 1 is 0.607 bits per heavy atom. The maximum absolute atomic E-state index is 12.1. The van der Waals surface area contributed by atoms with Gasteiger partial charge in [0, 0.05) is 19.6 Å². The van der Waals surface area contributed by atoms with Crippen molar-refractivity contribution < 1.29 is 9.90 Å². The minimum atomic E-state index is 0.105. The standard InChI is InChI=1S/C19H40N2O.C5H11O/c1-4-7-9-11-13-15-17-21(19(22)20-6-3)18-16-14-12-10-8-5-2;1-2-3-4-5-6/h4-18H2,1-3H3,(H,20,22);2-5H2,1H3. The number of carbonyl (C=O) groups is 1. The molecule has 4 heteroatoms. The Hall–Kier alpha value is -0.770. The summed E-state index contributed by atoms with van der Waals surface area (Å²) in [4.78, 5) is 14.1. The molecule has 0 rings (SSSR count). The van der Waals surface area contributed by atoms with Crippen molar-refractivity contribution in [2.24, 2.45) is 0 Å². The first-order valence-corrected chi connectivity index (χ1v) is 12.3. The second-order valence-corrected chi connectivity index (χ2v) is 7.77. The summed E-state index contributed by atoms with van der Waals surface area (Å²) in [6.07, 6.45) is 18.5. The molecule has 0 bridgehead atoms. The van der Waals surface area contributed by atoms with E-state index in [4.69, 9.17) is 0 Å². The van der Waals surface area contributed by atoms with Crippen LogP contribution < -0.4 is 5.32 Å². The van der Waals surface area contributed by atoms with E-state index in [-0.39, 0.29) is 12.6 Å². The van der Waals surface area contributed by atoms with Gasteiger partial charge < -0.3 is 10.2 Å². The number of hydrogen-bond acceptors (Lipinski definition) is 1. The van der Waals surface area contributed by atoms with Crippen LogP contribution in [0.25, 0.3) is 0 Å². The molecular weight excluding hydrogens is 348 g/mol. The maximum Gasteiger partial charge on any atom is 0.317 e. The molecule has 0 aromatic heterocycles. The van der Waals surface area contributed by atoms with Crippen LogP contribution in [0.15, 0.2) is 0 Å². The van der Waals surface area contributed by atoms with Crippen LogP contribution in [0, 0.1) is 0 Å². The molecule has 0 aromatic rings. The van der Waals surface area contributed by atoms with E-state index < -0.39 is 0 Å². The maximum atomic E-state index is 12.1. The number of carbonyl (C=O) groups excluding carboxylic acids is 1. The van der Waals surface area contributed by atoms with Gasteiger partial charge in [-0.1, -0.05) is 97.8 Å². The van der Waals surface area contributed by atoms with Crippen LogP contribution >= 0.6 is 0 Å². The lowest BCUT2D eigenvalue weighted by Crippen LogP contribution is -2.41. The highest BCUT2D eigenvalue weighted by Crippen LogP contribution is 2.09. The molecule has 28 heavy (non-hydrogen) atoms. The van der Waals surface area contributed by atoms with Gasteiger partial charge in [0.15, 0.2) is 0 Å². The third-order valence-corrected chi connectivity index (χ3v) is 4.93. The molecule has 1 N–H and O–H groups in total. The molecule has 1 radical (unpaired) electrons. The summed E-state index contributed by atoms with van der Waals surface area (Å²) in [6.45, 7) is 11.3. The topological polar surface area (TPSA) is 52.2 Å². The second-order valence-electron chi connectivity index (χ2n) is 7.77. The molecule has 0 saturated carbocycles. The molecular formula is C24H51N2O2. The normalized spacial score (nSPS) is 10.3. The van der Waals surface area contributed by atoms with E-state index in [9.17, 15) is 9.90 Å². The van der Waals surface area contributed by atoms with Crippen LogP contribution in [0.1, 0.15) is 124 Å². The smallest absolute Gasteiger partial charge is 0.317 e. The van der Waals surface area contributed by atoms with Crippen molar-refractivity contribution in [2.45, 2.75) is 124 Å². The number of nitrogens with one attached hydrogen (secondary N) is 1. The Labute approximate surface area is 176 Å². The molecule has 0 saturated heterocycles. The Kier molecular flexibility index (Phi) is 27.6. The molecule has 0 fully saturated rings. The molecule has 0 unspecified atom stereocenters. The quantitative estimate of drug-likeness (QED) is 0.241. The lowest BCUT2D eigenvalue weighted by atomic mass is 10.1. The van der Waals surface area contributed by atoms with E-state index in [0.29, 0.717) is 0 Å². The van der Waals surface area contributed by atoms with Crippen molar-refractivity contribution in [3.05, 3.63) is 0 Å². The number of urea groups is 1. The van der Waals surface area contributed by atoms with Gasteiger partial charge in [-0.2, -0.15) is 0 Å². The van der Waals surface area contributed by atoms with Gasteiger partial charge >= 0.3 is 6.03 Å². The Morgan fingerprint density at radius 2 is 1.00 bits per heavy atom. The Balaban J connectivity index is 0. The summed E-state index contributed by atoms with van der Waals surface area (Å²) in [5, 5.41) is 12.6. The molecule has 0 aliphatic heterocycles. The zero-order valence-corrected chi connectivity index (χ0v) is 19.7. The van der Waals surface area contributed by atoms with Gasteiger partial charge in [-0.15, -0.1) is 0 Å². The number of amides is 2. The van der Waals surface area contributed by atoms with Crippen LogP contribution in [0.2, 0.25) is 0 Å². The van der Waals surface area contributed by atoms with Crippen molar-refractivity contribution in [1.82, 2.24) is 10.2 Å². The molecule has 0 aromatic carbocycles. The SMILES string of the molecule is CCCCCCCCN(CCCCCCCC)C(=O)NCC.CCCCC[O]. The summed E-state index contributed by atoms with van der Waals surface area (Å²) in [7, 11) is 0. The summed E-state index contributed by atoms with van der Waals surface area (Å²) < 4.78 is 0. The van der Waals surface area contributed by atoms with Gasteiger partial charge in [-0.3, -0.25) is 0 Å². The minimum absolute atomic E-state index is 0.105. The first kappa shape index (κ1) is 29.4. The van der Waals surface area contributed by atoms with Crippen LogP contribution in [0.3, 0.4) is 0 Å². The molecule has 0 aliphatic carbocycles. The van der Waals surface area contributed by atoms with E-state index >= 15 is 0 Å². The number of unbranched alkanes of at least 4 members (excludes halogenated alkanes) is 12. The summed E-state index contributed by atoms with van der Waals surface area (Å²) in [6, 6.07) is 0.129. The third-order valence-electron chi connectivity index (χ3n) is 4.93. The highest BCUT2D eigenvalue weighted by molar-refractivity contribution is 5.74. The van der Waals surface area contributed by atoms with Crippen molar-refractivity contribution >= 4 is 6.03 Å². The lowest BCUT2D eigenvalue weighted by Gasteiger charge is -2.23. The van der Waals surface area contributed by atoms with Crippen LogP contribution in [-0.4, -0.2) is 37.2 Å². The predicted octanol–water partition coefficient (Wildman–Crippen LogP) is 7.35. The summed E-state index contributed by atoms with van der Waals surface area (Å²) >= 11 is 0.